The van der Waals surface area contributed by atoms with Crippen LogP contribution in [0.2, 0.25) is 0 Å². The third kappa shape index (κ3) is 2.68. The molecule has 0 bridgehead atoms. The molecule has 0 fully saturated rings. The van der Waals surface area contributed by atoms with Gasteiger partial charge in [0.1, 0.15) is 5.82 Å². The van der Waals surface area contributed by atoms with Gasteiger partial charge in [-0.1, -0.05) is 0 Å². The molecule has 0 saturated heterocycles. The van der Waals surface area contributed by atoms with Crippen LogP contribution in [0.5, 0.6) is 0 Å². The molecule has 4 heteroatoms. The second-order valence-electron chi connectivity index (χ2n) is 5.16. The van der Waals surface area contributed by atoms with Gasteiger partial charge in [0.2, 0.25) is 0 Å². The molecule has 0 aliphatic rings. The maximum atomic E-state index is 13.4. The van der Waals surface area contributed by atoms with Crippen LogP contribution >= 0.6 is 0 Å². The van der Waals surface area contributed by atoms with E-state index in [0.29, 0.717) is 6.42 Å². The number of aryl methyl sites for hydroxylation is 1. The second-order valence-corrected chi connectivity index (χ2v) is 5.16. The molecule has 0 aliphatic carbocycles. The first-order chi connectivity index (χ1) is 8.90. The summed E-state index contributed by atoms with van der Waals surface area (Å²) in [5.41, 5.74) is 10.9. The molecule has 0 spiro atoms. The molecule has 2 rings (SSSR count). The van der Waals surface area contributed by atoms with Crippen LogP contribution < -0.4 is 5.73 Å². The Bertz CT molecular complexity index is 600. The lowest BCUT2D eigenvalue weighted by Crippen LogP contribution is -2.19. The van der Waals surface area contributed by atoms with Crippen molar-refractivity contribution >= 4 is 0 Å². The highest BCUT2D eigenvalue weighted by Gasteiger charge is 2.13. The van der Waals surface area contributed by atoms with E-state index < -0.39 is 0 Å². The minimum Gasteiger partial charge on any atom is -0.328 e. The van der Waals surface area contributed by atoms with E-state index in [-0.39, 0.29) is 11.9 Å². The van der Waals surface area contributed by atoms with Gasteiger partial charge in [0, 0.05) is 11.7 Å². The van der Waals surface area contributed by atoms with E-state index in [1.807, 2.05) is 32.4 Å². The predicted molar refractivity (Wildman–Crippen MR) is 75.1 cm³/mol. The molecule has 1 atom stereocenters. The van der Waals surface area contributed by atoms with Gasteiger partial charge >= 0.3 is 0 Å². The van der Waals surface area contributed by atoms with Crippen molar-refractivity contribution in [3.63, 3.8) is 0 Å². The Morgan fingerprint density at radius 1 is 1.32 bits per heavy atom. The standard InChI is InChI=1S/C15H20FN3/c1-9(17)7-13-8-14(16)5-6-15(13)19-12(4)10(2)11(3)18-19/h5-6,8-9H,7,17H2,1-4H3. The second kappa shape index (κ2) is 5.13. The van der Waals surface area contributed by atoms with Gasteiger partial charge in [-0.25, -0.2) is 9.07 Å². The molecule has 1 unspecified atom stereocenters. The lowest BCUT2D eigenvalue weighted by Gasteiger charge is -2.13. The Kier molecular flexibility index (Phi) is 3.71. The summed E-state index contributed by atoms with van der Waals surface area (Å²) < 4.78 is 15.3. The number of nitrogens with two attached hydrogens (primary N) is 1. The SMILES string of the molecule is Cc1nn(-c2ccc(F)cc2CC(C)N)c(C)c1C. The maximum Gasteiger partial charge on any atom is 0.123 e. The van der Waals surface area contributed by atoms with Gasteiger partial charge in [0.15, 0.2) is 0 Å². The average molecular weight is 261 g/mol. The fourth-order valence-electron chi connectivity index (χ4n) is 2.23. The fraction of sp³-hybridized carbons (Fsp3) is 0.400. The quantitative estimate of drug-likeness (QED) is 0.923. The molecule has 0 radical (unpaired) electrons. The van der Waals surface area contributed by atoms with Crippen LogP contribution in [0.4, 0.5) is 4.39 Å². The third-order valence-electron chi connectivity index (χ3n) is 3.46. The Balaban J connectivity index is 2.57. The van der Waals surface area contributed by atoms with Crippen LogP contribution in [0.25, 0.3) is 5.69 Å². The summed E-state index contributed by atoms with van der Waals surface area (Å²) in [6.07, 6.45) is 0.629. The van der Waals surface area contributed by atoms with Gasteiger partial charge in [0.25, 0.3) is 0 Å². The highest BCUT2D eigenvalue weighted by molar-refractivity contribution is 5.44. The molecule has 102 valence electrons. The summed E-state index contributed by atoms with van der Waals surface area (Å²) in [6, 6.07) is 4.76. The van der Waals surface area contributed by atoms with Crippen molar-refractivity contribution in [2.24, 2.45) is 5.73 Å². The van der Waals surface area contributed by atoms with E-state index in [4.69, 9.17) is 5.73 Å². The zero-order valence-electron chi connectivity index (χ0n) is 11.9. The molecule has 0 amide bonds. The highest BCUT2D eigenvalue weighted by atomic mass is 19.1. The smallest absolute Gasteiger partial charge is 0.123 e. The first-order valence-electron chi connectivity index (χ1n) is 6.47. The zero-order chi connectivity index (χ0) is 14.2. The summed E-state index contributed by atoms with van der Waals surface area (Å²) in [7, 11) is 0. The van der Waals surface area contributed by atoms with Gasteiger partial charge in [-0.3, -0.25) is 0 Å². The van der Waals surface area contributed by atoms with Crippen LogP contribution in [0.1, 0.15) is 29.4 Å². The van der Waals surface area contributed by atoms with Gasteiger partial charge in [-0.2, -0.15) is 5.10 Å². The Labute approximate surface area is 113 Å². The lowest BCUT2D eigenvalue weighted by molar-refractivity contribution is 0.620. The maximum absolute atomic E-state index is 13.4. The lowest BCUT2D eigenvalue weighted by atomic mass is 10.1. The molecule has 0 saturated carbocycles. The number of aromatic nitrogens is 2. The Morgan fingerprint density at radius 3 is 2.53 bits per heavy atom. The van der Waals surface area contributed by atoms with E-state index in [2.05, 4.69) is 5.10 Å². The molecular weight excluding hydrogens is 241 g/mol. The van der Waals surface area contributed by atoms with E-state index in [1.54, 1.807) is 12.1 Å². The molecule has 1 aromatic carbocycles. The van der Waals surface area contributed by atoms with Crippen molar-refractivity contribution in [3.05, 3.63) is 46.5 Å². The van der Waals surface area contributed by atoms with Gasteiger partial charge in [-0.15, -0.1) is 0 Å². The van der Waals surface area contributed by atoms with E-state index in [1.165, 1.54) is 6.07 Å². The van der Waals surface area contributed by atoms with Crippen molar-refractivity contribution in [2.75, 3.05) is 0 Å². The highest BCUT2D eigenvalue weighted by Crippen LogP contribution is 2.22. The summed E-state index contributed by atoms with van der Waals surface area (Å²) >= 11 is 0. The molecule has 1 heterocycles. The third-order valence-corrected chi connectivity index (χ3v) is 3.46. The van der Waals surface area contributed by atoms with Crippen molar-refractivity contribution in [1.29, 1.82) is 0 Å². The number of rotatable bonds is 3. The summed E-state index contributed by atoms with van der Waals surface area (Å²) in [4.78, 5) is 0. The monoisotopic (exact) mass is 261 g/mol. The van der Waals surface area contributed by atoms with Gasteiger partial charge < -0.3 is 5.73 Å². The normalized spacial score (nSPS) is 12.7. The van der Waals surface area contributed by atoms with Gasteiger partial charge in [0.05, 0.1) is 11.4 Å². The average Bonchev–Trinajstić information content (AvgIpc) is 2.57. The first-order valence-corrected chi connectivity index (χ1v) is 6.47. The van der Waals surface area contributed by atoms with Crippen molar-refractivity contribution in [3.8, 4) is 5.69 Å². The number of nitrogens with zero attached hydrogens (tertiary/aromatic N) is 2. The minimum atomic E-state index is -0.238. The van der Waals surface area contributed by atoms with Crippen molar-refractivity contribution in [1.82, 2.24) is 9.78 Å². The van der Waals surface area contributed by atoms with Crippen molar-refractivity contribution in [2.45, 2.75) is 40.2 Å². The number of hydrogen-bond acceptors (Lipinski definition) is 2. The number of benzene rings is 1. The summed E-state index contributed by atoms with van der Waals surface area (Å²) in [5.74, 6) is -0.238. The summed E-state index contributed by atoms with van der Waals surface area (Å²) in [6.45, 7) is 7.96. The summed E-state index contributed by atoms with van der Waals surface area (Å²) in [5, 5.41) is 4.53. The zero-order valence-corrected chi connectivity index (χ0v) is 11.9. The Morgan fingerprint density at radius 2 is 2.00 bits per heavy atom. The van der Waals surface area contributed by atoms with Crippen molar-refractivity contribution < 1.29 is 4.39 Å². The van der Waals surface area contributed by atoms with Crippen LogP contribution in [0.3, 0.4) is 0 Å². The Hall–Kier alpha value is -1.68. The number of halogens is 1. The molecular formula is C15H20FN3. The fourth-order valence-corrected chi connectivity index (χ4v) is 2.23. The van der Waals surface area contributed by atoms with Crippen LogP contribution in [-0.4, -0.2) is 15.8 Å². The van der Waals surface area contributed by atoms with Crippen LogP contribution in [-0.2, 0) is 6.42 Å². The predicted octanol–water partition coefficient (Wildman–Crippen LogP) is 2.83. The molecule has 1 aromatic heterocycles. The van der Waals surface area contributed by atoms with E-state index in [9.17, 15) is 4.39 Å². The first kappa shape index (κ1) is 13.7. The number of hydrogen-bond donors (Lipinski definition) is 1. The van der Waals surface area contributed by atoms with Crippen LogP contribution in [0, 0.1) is 26.6 Å². The molecule has 2 N–H and O–H groups in total. The largest absolute Gasteiger partial charge is 0.328 e. The van der Waals surface area contributed by atoms with Crippen LogP contribution in [0.15, 0.2) is 18.2 Å². The molecule has 2 aromatic rings. The van der Waals surface area contributed by atoms with Gasteiger partial charge in [-0.05, 0) is 63.4 Å². The molecule has 19 heavy (non-hydrogen) atoms. The molecule has 0 aliphatic heterocycles. The van der Waals surface area contributed by atoms with E-state index >= 15 is 0 Å². The minimum absolute atomic E-state index is 0.0152. The van der Waals surface area contributed by atoms with E-state index in [0.717, 1.165) is 28.2 Å². The topological polar surface area (TPSA) is 43.8 Å². The molecule has 3 nitrogen and oxygen atoms in total.